The first kappa shape index (κ1) is 17.7. The van der Waals surface area contributed by atoms with Crippen LogP contribution in [-0.4, -0.2) is 33.0 Å². The minimum atomic E-state index is -4.60. The summed E-state index contributed by atoms with van der Waals surface area (Å²) in [7, 11) is -3.35. The lowest BCUT2D eigenvalue weighted by atomic mass is 10.3. The van der Waals surface area contributed by atoms with Gasteiger partial charge in [-0.2, -0.15) is 0 Å². The molecule has 0 saturated heterocycles. The van der Waals surface area contributed by atoms with Gasteiger partial charge in [-0.15, -0.1) is 0 Å². The van der Waals surface area contributed by atoms with Gasteiger partial charge in [-0.1, -0.05) is 0 Å². The number of ether oxygens (including phenoxy) is 2. The van der Waals surface area contributed by atoms with Crippen LogP contribution in [0.3, 0.4) is 0 Å². The number of hydrogen-bond acceptors (Lipinski definition) is 6. The van der Waals surface area contributed by atoms with E-state index >= 15 is 0 Å². The smallest absolute Gasteiger partial charge is 0.457 e. The number of phosphoric acid groups is 1. The number of phosphoric ester groups is 1. The third-order valence-electron chi connectivity index (χ3n) is 3.14. The summed E-state index contributed by atoms with van der Waals surface area (Å²) in [5.74, 6) is 1.19. The number of H-pyrrole nitrogens is 1. The number of rotatable bonds is 5. The fourth-order valence-corrected chi connectivity index (χ4v) is 2.50. The molecule has 2 aromatic carbocycles. The second-order valence-corrected chi connectivity index (χ2v) is 6.20. The van der Waals surface area contributed by atoms with Gasteiger partial charge in [-0.25, -0.2) is 14.3 Å². The Morgan fingerprint density at radius 1 is 1.12 bits per heavy atom. The van der Waals surface area contributed by atoms with Crippen molar-refractivity contribution in [2.45, 2.75) is 0 Å². The number of methoxy groups -OCH3 is 1. The van der Waals surface area contributed by atoms with Crippen molar-refractivity contribution in [2.24, 2.45) is 0 Å². The van der Waals surface area contributed by atoms with Gasteiger partial charge in [0.2, 0.25) is 5.95 Å². The lowest BCUT2D eigenvalue weighted by Gasteiger charge is -2.08. The summed E-state index contributed by atoms with van der Waals surface area (Å²) in [4.78, 5) is 35.8. The SMILES string of the molecule is COC(=O)Nc1nc2ccc(Oc3ccc(OP(=O)(O)O)cc3)cc2[nH]1. The Balaban J connectivity index is 1.74. The number of nitrogens with one attached hydrogen (secondary N) is 2. The molecule has 0 aliphatic rings. The van der Waals surface area contributed by atoms with E-state index in [-0.39, 0.29) is 11.7 Å². The Labute approximate surface area is 147 Å². The van der Waals surface area contributed by atoms with Gasteiger partial charge in [-0.05, 0) is 36.4 Å². The highest BCUT2D eigenvalue weighted by Crippen LogP contribution is 2.38. The maximum Gasteiger partial charge on any atom is 0.524 e. The standard InChI is InChI=1S/C15H14N3O7P/c1-23-15(19)18-14-16-12-7-6-11(8-13(12)17-14)24-9-2-4-10(5-3-9)25-26(20,21)22/h2-8H,1H3,(H2,20,21,22)(H2,16,17,18,19). The van der Waals surface area contributed by atoms with Crippen LogP contribution >= 0.6 is 7.82 Å². The van der Waals surface area contributed by atoms with Crippen molar-refractivity contribution < 1.29 is 33.1 Å². The van der Waals surface area contributed by atoms with Crippen LogP contribution in [0.5, 0.6) is 17.2 Å². The third-order valence-corrected chi connectivity index (χ3v) is 3.59. The molecule has 1 aromatic heterocycles. The molecule has 4 N–H and O–H groups in total. The van der Waals surface area contributed by atoms with Crippen LogP contribution in [0.25, 0.3) is 11.0 Å². The van der Waals surface area contributed by atoms with Crippen LogP contribution in [0.4, 0.5) is 10.7 Å². The number of hydrogen-bond donors (Lipinski definition) is 4. The van der Waals surface area contributed by atoms with E-state index in [0.717, 1.165) is 0 Å². The molecule has 3 aromatic rings. The van der Waals surface area contributed by atoms with Crippen LogP contribution in [-0.2, 0) is 9.30 Å². The highest BCUT2D eigenvalue weighted by molar-refractivity contribution is 7.46. The average Bonchev–Trinajstić information content (AvgIpc) is 2.96. The number of imidazole rings is 1. The van der Waals surface area contributed by atoms with Crippen molar-refractivity contribution >= 4 is 30.9 Å². The molecule has 0 radical (unpaired) electrons. The fourth-order valence-electron chi connectivity index (χ4n) is 2.10. The zero-order valence-corrected chi connectivity index (χ0v) is 14.3. The molecule has 3 rings (SSSR count). The van der Waals surface area contributed by atoms with Crippen molar-refractivity contribution in [1.82, 2.24) is 9.97 Å². The predicted octanol–water partition coefficient (Wildman–Crippen LogP) is 3.01. The number of anilines is 1. The minimum Gasteiger partial charge on any atom is -0.457 e. The monoisotopic (exact) mass is 379 g/mol. The summed E-state index contributed by atoms with van der Waals surface area (Å²) in [6.45, 7) is 0. The van der Waals surface area contributed by atoms with E-state index in [0.29, 0.717) is 22.5 Å². The van der Waals surface area contributed by atoms with Crippen LogP contribution < -0.4 is 14.6 Å². The van der Waals surface area contributed by atoms with Crippen molar-refractivity contribution in [1.29, 1.82) is 0 Å². The van der Waals surface area contributed by atoms with Crippen LogP contribution in [0.1, 0.15) is 0 Å². The first-order valence-corrected chi connectivity index (χ1v) is 8.73. The topological polar surface area (TPSA) is 143 Å². The number of benzene rings is 2. The van der Waals surface area contributed by atoms with Gasteiger partial charge >= 0.3 is 13.9 Å². The van der Waals surface area contributed by atoms with Crippen LogP contribution in [0.2, 0.25) is 0 Å². The van der Waals surface area contributed by atoms with E-state index in [1.165, 1.54) is 31.4 Å². The largest absolute Gasteiger partial charge is 0.524 e. The van der Waals surface area contributed by atoms with Crippen molar-refractivity contribution in [3.63, 3.8) is 0 Å². The minimum absolute atomic E-state index is 0.0215. The summed E-state index contributed by atoms with van der Waals surface area (Å²) in [6.07, 6.45) is -0.641. The molecule has 136 valence electrons. The molecule has 10 nitrogen and oxygen atoms in total. The van der Waals surface area contributed by atoms with E-state index in [1.54, 1.807) is 18.2 Å². The number of fused-ring (bicyclic) bond motifs is 1. The second kappa shape index (κ2) is 7.04. The quantitative estimate of drug-likeness (QED) is 0.496. The molecule has 0 bridgehead atoms. The number of carbonyl (C=O) groups excluding carboxylic acids is 1. The molecule has 0 saturated carbocycles. The molecular formula is C15H14N3O7P. The molecule has 26 heavy (non-hydrogen) atoms. The molecule has 0 aliphatic carbocycles. The Hall–Kier alpha value is -3.07. The van der Waals surface area contributed by atoms with Gasteiger partial charge in [0, 0.05) is 6.07 Å². The highest BCUT2D eigenvalue weighted by Gasteiger charge is 2.15. The van der Waals surface area contributed by atoms with E-state index in [2.05, 4.69) is 24.5 Å². The summed E-state index contributed by atoms with van der Waals surface area (Å²) in [6, 6.07) is 10.8. The first-order valence-electron chi connectivity index (χ1n) is 7.20. The Kier molecular flexibility index (Phi) is 4.81. The van der Waals surface area contributed by atoms with Crippen molar-refractivity contribution in [2.75, 3.05) is 12.4 Å². The Morgan fingerprint density at radius 2 is 1.77 bits per heavy atom. The number of aromatic nitrogens is 2. The molecule has 1 amide bonds. The number of aromatic amines is 1. The summed E-state index contributed by atoms with van der Waals surface area (Å²) < 4.78 is 25.4. The molecule has 0 atom stereocenters. The molecule has 1 heterocycles. The number of carbonyl (C=O) groups is 1. The number of nitrogens with zero attached hydrogens (tertiary/aromatic N) is 1. The summed E-state index contributed by atoms with van der Waals surface area (Å²) in [5, 5.41) is 2.43. The van der Waals surface area contributed by atoms with Crippen molar-refractivity contribution in [3.05, 3.63) is 42.5 Å². The lowest BCUT2D eigenvalue weighted by Crippen LogP contribution is -2.11. The van der Waals surface area contributed by atoms with Crippen LogP contribution in [0.15, 0.2) is 42.5 Å². The fraction of sp³-hybridized carbons (Fsp3) is 0.0667. The van der Waals surface area contributed by atoms with E-state index < -0.39 is 13.9 Å². The second-order valence-electron chi connectivity index (χ2n) is 5.04. The Morgan fingerprint density at radius 3 is 2.42 bits per heavy atom. The van der Waals surface area contributed by atoms with E-state index in [1.807, 2.05) is 0 Å². The Bertz CT molecular complexity index is 981. The van der Waals surface area contributed by atoms with Gasteiger partial charge in [-0.3, -0.25) is 15.1 Å². The normalized spacial score (nSPS) is 11.2. The summed E-state index contributed by atoms with van der Waals surface area (Å²) >= 11 is 0. The zero-order valence-electron chi connectivity index (χ0n) is 13.4. The van der Waals surface area contributed by atoms with Gasteiger partial charge in [0.15, 0.2) is 0 Å². The van der Waals surface area contributed by atoms with Gasteiger partial charge in [0.05, 0.1) is 18.1 Å². The lowest BCUT2D eigenvalue weighted by molar-refractivity contribution is 0.186. The molecule has 0 fully saturated rings. The van der Waals surface area contributed by atoms with E-state index in [4.69, 9.17) is 14.5 Å². The van der Waals surface area contributed by atoms with Crippen molar-refractivity contribution in [3.8, 4) is 17.2 Å². The average molecular weight is 379 g/mol. The maximum absolute atomic E-state index is 11.2. The zero-order chi connectivity index (χ0) is 18.7. The molecule has 0 spiro atoms. The molecule has 11 heteroatoms. The summed E-state index contributed by atoms with van der Waals surface area (Å²) in [5.41, 5.74) is 1.25. The van der Waals surface area contributed by atoms with Gasteiger partial charge < -0.3 is 19.0 Å². The van der Waals surface area contributed by atoms with Gasteiger partial charge in [0.25, 0.3) is 0 Å². The third kappa shape index (κ3) is 4.51. The maximum atomic E-state index is 11.2. The molecule has 0 aliphatic heterocycles. The predicted molar refractivity (Wildman–Crippen MR) is 91.3 cm³/mol. The first-order chi connectivity index (χ1) is 12.3. The highest BCUT2D eigenvalue weighted by atomic mass is 31.2. The van der Waals surface area contributed by atoms with Gasteiger partial charge in [0.1, 0.15) is 17.2 Å². The van der Waals surface area contributed by atoms with Crippen LogP contribution in [0, 0.1) is 0 Å². The molecule has 0 unspecified atom stereocenters. The molecular weight excluding hydrogens is 365 g/mol. The van der Waals surface area contributed by atoms with E-state index in [9.17, 15) is 9.36 Å². The number of amides is 1.